The number of likely N-dealkylation sites (tertiary alicyclic amines) is 1. The summed E-state index contributed by atoms with van der Waals surface area (Å²) in [6, 6.07) is 20.0. The van der Waals surface area contributed by atoms with Crippen LogP contribution in [0.15, 0.2) is 79.1 Å². The minimum Gasteiger partial charge on any atom is -0.352 e. The van der Waals surface area contributed by atoms with Crippen molar-refractivity contribution < 1.29 is 14.0 Å². The van der Waals surface area contributed by atoms with Crippen molar-refractivity contribution >= 4 is 11.8 Å². The highest BCUT2D eigenvalue weighted by Crippen LogP contribution is 2.27. The highest BCUT2D eigenvalue weighted by Gasteiger charge is 2.42. The van der Waals surface area contributed by atoms with Crippen LogP contribution in [0.5, 0.6) is 0 Å². The van der Waals surface area contributed by atoms with Crippen LogP contribution in [0, 0.1) is 5.82 Å². The van der Waals surface area contributed by atoms with Gasteiger partial charge in [-0.15, -0.1) is 0 Å². The Morgan fingerprint density at radius 1 is 0.975 bits per heavy atom. The Labute approximate surface area is 235 Å². The monoisotopic (exact) mass is 543 g/mol. The van der Waals surface area contributed by atoms with Crippen LogP contribution in [0.3, 0.4) is 0 Å². The second-order valence-electron chi connectivity index (χ2n) is 11.1. The number of nitrogens with two attached hydrogens (primary N) is 1. The minimum atomic E-state index is -0.583. The van der Waals surface area contributed by atoms with Crippen molar-refractivity contribution in [2.45, 2.75) is 69.2 Å². The first-order valence-corrected chi connectivity index (χ1v) is 14.3. The van der Waals surface area contributed by atoms with E-state index in [1.807, 2.05) is 18.2 Å². The number of carbonyl (C=O) groups excluding carboxylic acids is 2. The number of rotatable bonds is 9. The normalized spacial score (nSPS) is 22.8. The second-order valence-corrected chi connectivity index (χ2v) is 11.1. The summed E-state index contributed by atoms with van der Waals surface area (Å²) in [6.07, 6.45) is 8.03. The Kier molecular flexibility index (Phi) is 9.19. The van der Waals surface area contributed by atoms with Crippen molar-refractivity contribution in [2.24, 2.45) is 5.73 Å². The van der Waals surface area contributed by atoms with Crippen molar-refractivity contribution in [1.29, 1.82) is 0 Å². The molecule has 40 heavy (non-hydrogen) atoms. The first-order chi connectivity index (χ1) is 19.5. The summed E-state index contributed by atoms with van der Waals surface area (Å²) >= 11 is 0. The van der Waals surface area contributed by atoms with Gasteiger partial charge >= 0.3 is 0 Å². The molecule has 2 aliphatic rings. The number of nitrogens with zero attached hydrogens (tertiary/aromatic N) is 3. The van der Waals surface area contributed by atoms with Crippen LogP contribution in [-0.4, -0.2) is 63.9 Å². The van der Waals surface area contributed by atoms with Gasteiger partial charge in [-0.3, -0.25) is 19.5 Å². The van der Waals surface area contributed by atoms with E-state index in [4.69, 9.17) is 5.73 Å². The van der Waals surface area contributed by atoms with E-state index in [0.29, 0.717) is 25.1 Å². The Bertz CT molecular complexity index is 1250. The van der Waals surface area contributed by atoms with E-state index in [1.54, 1.807) is 41.6 Å². The molecule has 3 N–H and O–H groups in total. The van der Waals surface area contributed by atoms with Gasteiger partial charge in [0.25, 0.3) is 5.91 Å². The van der Waals surface area contributed by atoms with Crippen LogP contribution in [-0.2, 0) is 17.8 Å². The molecule has 210 valence electrons. The molecule has 1 aromatic heterocycles. The molecule has 1 saturated heterocycles. The van der Waals surface area contributed by atoms with Crippen molar-refractivity contribution in [2.75, 3.05) is 13.1 Å². The summed E-state index contributed by atoms with van der Waals surface area (Å²) in [4.78, 5) is 35.5. The molecule has 3 aromatic rings. The van der Waals surface area contributed by atoms with Crippen molar-refractivity contribution in [3.63, 3.8) is 0 Å². The molecule has 5 rings (SSSR count). The fourth-order valence-corrected chi connectivity index (χ4v) is 5.90. The van der Waals surface area contributed by atoms with Crippen molar-refractivity contribution in [3.8, 4) is 0 Å². The number of nitrogens with one attached hydrogen (secondary N) is 1. The molecule has 2 aromatic carbocycles. The zero-order valence-electron chi connectivity index (χ0n) is 22.8. The maximum Gasteiger partial charge on any atom is 0.256 e. The van der Waals surface area contributed by atoms with E-state index < -0.39 is 6.04 Å². The van der Waals surface area contributed by atoms with Gasteiger partial charge in [-0.25, -0.2) is 4.39 Å². The highest BCUT2D eigenvalue weighted by molar-refractivity contribution is 5.97. The number of benzene rings is 2. The van der Waals surface area contributed by atoms with Gasteiger partial charge in [0.05, 0.1) is 5.56 Å². The molecule has 0 spiro atoms. The standard InChI is InChI=1S/C32H38FN5O2/c33-26-10-8-24(9-11-26)21-37(18-16-23-5-2-1-3-6-23)29-19-30(31(39)36-28-14-12-27(34)13-15-28)38(22-29)32(40)25-7-4-17-35-20-25/h1-11,17,20,27-30H,12-16,18-19,21-22,34H2,(H,36,39). The molecule has 2 unspecified atom stereocenters. The van der Waals surface area contributed by atoms with Gasteiger partial charge in [-0.2, -0.15) is 0 Å². The predicted octanol–water partition coefficient (Wildman–Crippen LogP) is 3.93. The lowest BCUT2D eigenvalue weighted by Crippen LogP contribution is -2.50. The first kappa shape index (κ1) is 27.9. The van der Waals surface area contributed by atoms with E-state index >= 15 is 0 Å². The average molecular weight is 544 g/mol. The molecule has 2 fully saturated rings. The second kappa shape index (κ2) is 13.2. The summed E-state index contributed by atoms with van der Waals surface area (Å²) in [7, 11) is 0. The zero-order chi connectivity index (χ0) is 27.9. The Morgan fingerprint density at radius 2 is 1.73 bits per heavy atom. The predicted molar refractivity (Wildman–Crippen MR) is 153 cm³/mol. The zero-order valence-corrected chi connectivity index (χ0v) is 22.8. The molecule has 7 nitrogen and oxygen atoms in total. The summed E-state index contributed by atoms with van der Waals surface area (Å²) in [5.74, 6) is -0.565. The maximum absolute atomic E-state index is 13.7. The largest absolute Gasteiger partial charge is 0.352 e. The maximum atomic E-state index is 13.7. The highest BCUT2D eigenvalue weighted by atomic mass is 19.1. The van der Waals surface area contributed by atoms with Crippen LogP contribution in [0.1, 0.15) is 53.6 Å². The molecule has 1 aliphatic carbocycles. The lowest BCUT2D eigenvalue weighted by molar-refractivity contribution is -0.125. The molecule has 0 radical (unpaired) electrons. The van der Waals surface area contributed by atoms with Crippen LogP contribution in [0.2, 0.25) is 0 Å². The quantitative estimate of drug-likeness (QED) is 0.427. The third-order valence-corrected chi connectivity index (χ3v) is 8.22. The van der Waals surface area contributed by atoms with Gasteiger partial charge in [-0.05, 0) is 73.9 Å². The molecular weight excluding hydrogens is 505 g/mol. The van der Waals surface area contributed by atoms with E-state index in [0.717, 1.165) is 44.2 Å². The lowest BCUT2D eigenvalue weighted by atomic mass is 9.91. The van der Waals surface area contributed by atoms with Gasteiger partial charge in [0, 0.05) is 50.2 Å². The fraction of sp³-hybridized carbons (Fsp3) is 0.406. The summed E-state index contributed by atoms with van der Waals surface area (Å²) in [5.41, 5.74) is 8.75. The lowest BCUT2D eigenvalue weighted by Gasteiger charge is -2.30. The van der Waals surface area contributed by atoms with Crippen LogP contribution in [0.4, 0.5) is 4.39 Å². The van der Waals surface area contributed by atoms with Gasteiger partial charge in [-0.1, -0.05) is 42.5 Å². The molecule has 2 heterocycles. The number of halogens is 1. The minimum absolute atomic E-state index is 0.0371. The van der Waals surface area contributed by atoms with Gasteiger partial charge in [0.15, 0.2) is 0 Å². The van der Waals surface area contributed by atoms with E-state index in [2.05, 4.69) is 27.3 Å². The van der Waals surface area contributed by atoms with Gasteiger partial charge in [0.1, 0.15) is 11.9 Å². The van der Waals surface area contributed by atoms with Crippen molar-refractivity contribution in [3.05, 3.63) is 102 Å². The number of hydrogen-bond acceptors (Lipinski definition) is 5. The fourth-order valence-electron chi connectivity index (χ4n) is 5.90. The Balaban J connectivity index is 1.37. The van der Waals surface area contributed by atoms with Gasteiger partial charge in [0.2, 0.25) is 5.91 Å². The van der Waals surface area contributed by atoms with Crippen LogP contribution in [0.25, 0.3) is 0 Å². The Hall–Kier alpha value is -3.62. The summed E-state index contributed by atoms with van der Waals surface area (Å²) < 4.78 is 13.6. The van der Waals surface area contributed by atoms with E-state index in [9.17, 15) is 14.0 Å². The topological polar surface area (TPSA) is 91.6 Å². The number of pyridine rings is 1. The molecule has 1 aliphatic heterocycles. The number of amides is 2. The summed E-state index contributed by atoms with van der Waals surface area (Å²) in [5, 5.41) is 3.23. The first-order valence-electron chi connectivity index (χ1n) is 14.3. The summed E-state index contributed by atoms with van der Waals surface area (Å²) in [6.45, 7) is 1.77. The average Bonchev–Trinajstić information content (AvgIpc) is 3.44. The van der Waals surface area contributed by atoms with E-state index in [1.165, 1.54) is 17.7 Å². The van der Waals surface area contributed by atoms with Crippen LogP contribution < -0.4 is 11.1 Å². The molecule has 2 amide bonds. The van der Waals surface area contributed by atoms with Crippen LogP contribution >= 0.6 is 0 Å². The molecule has 1 saturated carbocycles. The third-order valence-electron chi connectivity index (χ3n) is 8.22. The SMILES string of the molecule is NC1CCC(NC(=O)C2CC(N(CCc3ccccc3)Cc3ccc(F)cc3)CN2C(=O)c2cccnc2)CC1. The number of aromatic nitrogens is 1. The molecule has 8 heteroatoms. The number of carbonyl (C=O) groups is 2. The van der Waals surface area contributed by atoms with Crippen molar-refractivity contribution in [1.82, 2.24) is 20.1 Å². The molecular formula is C32H38FN5O2. The smallest absolute Gasteiger partial charge is 0.256 e. The number of hydrogen-bond donors (Lipinski definition) is 2. The molecule has 2 atom stereocenters. The Morgan fingerprint density at radius 3 is 2.42 bits per heavy atom. The van der Waals surface area contributed by atoms with E-state index in [-0.39, 0.29) is 35.8 Å². The molecule has 0 bridgehead atoms. The van der Waals surface area contributed by atoms with Gasteiger partial charge < -0.3 is 16.0 Å². The third kappa shape index (κ3) is 7.11.